The van der Waals surface area contributed by atoms with Crippen molar-refractivity contribution in [3.8, 4) is 0 Å². The monoisotopic (exact) mass is 331 g/mol. The summed E-state index contributed by atoms with van der Waals surface area (Å²) in [7, 11) is 0. The molecule has 0 aromatic carbocycles. The Labute approximate surface area is 122 Å². The lowest BCUT2D eigenvalue weighted by Crippen LogP contribution is -2.35. The van der Waals surface area contributed by atoms with Crippen LogP contribution in [0.5, 0.6) is 0 Å². The Hall–Kier alpha value is -0.880. The first-order chi connectivity index (χ1) is 9.04. The number of nitrogens with zero attached hydrogens (tertiary/aromatic N) is 2. The minimum atomic E-state index is -0.322. The Kier molecular flexibility index (Phi) is 6.51. The van der Waals surface area contributed by atoms with E-state index in [4.69, 9.17) is 4.74 Å². The number of ether oxygens (including phenoxy) is 1. The number of hydrogen-bond acceptors (Lipinski definition) is 4. The van der Waals surface area contributed by atoms with Crippen LogP contribution in [0.3, 0.4) is 0 Å². The fourth-order valence-electron chi connectivity index (χ4n) is 1.79. The van der Waals surface area contributed by atoms with Gasteiger partial charge in [-0.25, -0.2) is 0 Å². The summed E-state index contributed by atoms with van der Waals surface area (Å²) in [6, 6.07) is -0.322. The van der Waals surface area contributed by atoms with E-state index in [0.29, 0.717) is 13.2 Å². The molecule has 1 heterocycles. The number of carbonyl (C=O) groups excluding carboxylic acids is 1. The van der Waals surface area contributed by atoms with Crippen molar-refractivity contribution >= 4 is 21.9 Å². The first-order valence-corrected chi connectivity index (χ1v) is 7.48. The van der Waals surface area contributed by atoms with Crippen molar-refractivity contribution in [2.24, 2.45) is 0 Å². The molecular formula is C13H22BrN3O2. The molecule has 0 spiro atoms. The predicted octanol–water partition coefficient (Wildman–Crippen LogP) is 2.27. The van der Waals surface area contributed by atoms with E-state index in [1.807, 2.05) is 4.68 Å². The first-order valence-electron chi connectivity index (χ1n) is 6.69. The van der Waals surface area contributed by atoms with Crippen molar-refractivity contribution in [1.82, 2.24) is 15.1 Å². The van der Waals surface area contributed by atoms with E-state index in [9.17, 15) is 4.79 Å². The van der Waals surface area contributed by atoms with Gasteiger partial charge in [-0.05, 0) is 43.1 Å². The largest absolute Gasteiger partial charge is 0.465 e. The van der Waals surface area contributed by atoms with Gasteiger partial charge in [-0.3, -0.25) is 14.8 Å². The smallest absolute Gasteiger partial charge is 0.322 e. The highest BCUT2D eigenvalue weighted by molar-refractivity contribution is 9.10. The number of aromatic nitrogens is 2. The lowest BCUT2D eigenvalue weighted by atomic mass is 10.3. The minimum Gasteiger partial charge on any atom is -0.465 e. The van der Waals surface area contributed by atoms with Crippen LogP contribution >= 0.6 is 15.9 Å². The third-order valence-electron chi connectivity index (χ3n) is 2.91. The van der Waals surface area contributed by atoms with Gasteiger partial charge >= 0.3 is 5.97 Å². The zero-order valence-electron chi connectivity index (χ0n) is 12.0. The van der Waals surface area contributed by atoms with Gasteiger partial charge in [-0.2, -0.15) is 5.10 Å². The molecule has 108 valence electrons. The topological polar surface area (TPSA) is 56.1 Å². The Balaban J connectivity index is 2.71. The predicted molar refractivity (Wildman–Crippen MR) is 77.9 cm³/mol. The quantitative estimate of drug-likeness (QED) is 0.779. The molecule has 0 aliphatic rings. The van der Waals surface area contributed by atoms with Crippen molar-refractivity contribution < 1.29 is 9.53 Å². The van der Waals surface area contributed by atoms with Crippen molar-refractivity contribution in [3.63, 3.8) is 0 Å². The lowest BCUT2D eigenvalue weighted by molar-refractivity contribution is -0.145. The summed E-state index contributed by atoms with van der Waals surface area (Å²) in [4.78, 5) is 11.5. The average molecular weight is 332 g/mol. The van der Waals surface area contributed by atoms with Crippen LogP contribution in [0.25, 0.3) is 0 Å². The Morgan fingerprint density at radius 1 is 1.47 bits per heavy atom. The van der Waals surface area contributed by atoms with Crippen LogP contribution in [0.15, 0.2) is 4.47 Å². The number of aryl methyl sites for hydroxylation is 2. The van der Waals surface area contributed by atoms with Crippen LogP contribution < -0.4 is 5.32 Å². The molecule has 1 atom stereocenters. The van der Waals surface area contributed by atoms with E-state index in [-0.39, 0.29) is 12.0 Å². The summed E-state index contributed by atoms with van der Waals surface area (Å²) < 4.78 is 7.95. The Bertz CT molecular complexity index is 432. The summed E-state index contributed by atoms with van der Waals surface area (Å²) in [5.41, 5.74) is 2.11. The van der Waals surface area contributed by atoms with E-state index >= 15 is 0 Å². The molecule has 6 heteroatoms. The molecule has 0 aliphatic carbocycles. The first kappa shape index (κ1) is 16.2. The van der Waals surface area contributed by atoms with Crippen molar-refractivity contribution in [1.29, 1.82) is 0 Å². The molecule has 0 bridgehead atoms. The number of rotatable bonds is 7. The van der Waals surface area contributed by atoms with Crippen LogP contribution in [-0.4, -0.2) is 28.4 Å². The second-order valence-corrected chi connectivity index (χ2v) is 5.02. The Morgan fingerprint density at radius 2 is 2.16 bits per heavy atom. The molecule has 1 aromatic rings. The number of hydrogen-bond donors (Lipinski definition) is 1. The van der Waals surface area contributed by atoms with Gasteiger partial charge in [0.05, 0.1) is 22.5 Å². The van der Waals surface area contributed by atoms with Gasteiger partial charge in [0.2, 0.25) is 0 Å². The molecule has 0 radical (unpaired) electrons. The van der Waals surface area contributed by atoms with Gasteiger partial charge in [0.15, 0.2) is 0 Å². The lowest BCUT2D eigenvalue weighted by Gasteiger charge is -2.13. The van der Waals surface area contributed by atoms with Gasteiger partial charge in [0, 0.05) is 13.1 Å². The van der Waals surface area contributed by atoms with Crippen LogP contribution in [-0.2, 0) is 29.0 Å². The summed E-state index contributed by atoms with van der Waals surface area (Å²) in [6.07, 6.45) is 0.883. The molecule has 0 saturated heterocycles. The van der Waals surface area contributed by atoms with E-state index in [0.717, 1.165) is 28.8 Å². The molecule has 0 saturated carbocycles. The normalized spacial score (nSPS) is 12.5. The summed E-state index contributed by atoms with van der Waals surface area (Å²) in [5, 5.41) is 7.69. The van der Waals surface area contributed by atoms with E-state index in [1.54, 1.807) is 13.8 Å². The zero-order chi connectivity index (χ0) is 14.4. The summed E-state index contributed by atoms with van der Waals surface area (Å²) in [5.74, 6) is -0.225. The number of esters is 1. The van der Waals surface area contributed by atoms with Crippen molar-refractivity contribution in [2.45, 2.75) is 53.2 Å². The number of carbonyl (C=O) groups is 1. The highest BCUT2D eigenvalue weighted by Gasteiger charge is 2.17. The molecule has 0 fully saturated rings. The van der Waals surface area contributed by atoms with Gasteiger partial charge in [-0.1, -0.05) is 6.92 Å². The third-order valence-corrected chi connectivity index (χ3v) is 3.83. The number of halogens is 1. The van der Waals surface area contributed by atoms with E-state index in [1.165, 1.54) is 0 Å². The molecule has 1 rings (SSSR count). The standard InChI is InChI=1S/C13H22BrN3O2/c1-5-10-12(14)11(17(6-2)16-10)8-15-9(4)13(18)19-7-3/h9,15H,5-8H2,1-4H3. The van der Waals surface area contributed by atoms with Gasteiger partial charge in [0.25, 0.3) is 0 Å². The average Bonchev–Trinajstić information content (AvgIpc) is 2.72. The Morgan fingerprint density at radius 3 is 2.68 bits per heavy atom. The van der Waals surface area contributed by atoms with E-state index in [2.05, 4.69) is 40.2 Å². The molecule has 5 nitrogen and oxygen atoms in total. The molecule has 1 N–H and O–H groups in total. The molecule has 1 aromatic heterocycles. The summed E-state index contributed by atoms with van der Waals surface area (Å²) >= 11 is 3.58. The summed E-state index contributed by atoms with van der Waals surface area (Å²) in [6.45, 7) is 9.54. The van der Waals surface area contributed by atoms with Crippen LogP contribution in [0.4, 0.5) is 0 Å². The van der Waals surface area contributed by atoms with Gasteiger partial charge in [0.1, 0.15) is 6.04 Å². The highest BCUT2D eigenvalue weighted by Crippen LogP contribution is 2.22. The van der Waals surface area contributed by atoms with Crippen molar-refractivity contribution in [3.05, 3.63) is 15.9 Å². The second-order valence-electron chi connectivity index (χ2n) is 4.23. The van der Waals surface area contributed by atoms with Crippen LogP contribution in [0, 0.1) is 0 Å². The van der Waals surface area contributed by atoms with Crippen LogP contribution in [0.1, 0.15) is 39.1 Å². The van der Waals surface area contributed by atoms with E-state index < -0.39 is 0 Å². The fraction of sp³-hybridized carbons (Fsp3) is 0.692. The number of nitrogens with one attached hydrogen (secondary N) is 1. The maximum Gasteiger partial charge on any atom is 0.322 e. The molecule has 19 heavy (non-hydrogen) atoms. The zero-order valence-corrected chi connectivity index (χ0v) is 13.6. The highest BCUT2D eigenvalue weighted by atomic mass is 79.9. The van der Waals surface area contributed by atoms with Gasteiger partial charge in [-0.15, -0.1) is 0 Å². The molecular weight excluding hydrogens is 310 g/mol. The molecule has 1 unspecified atom stereocenters. The minimum absolute atomic E-state index is 0.225. The van der Waals surface area contributed by atoms with Gasteiger partial charge < -0.3 is 4.74 Å². The third kappa shape index (κ3) is 4.04. The van der Waals surface area contributed by atoms with Crippen molar-refractivity contribution in [2.75, 3.05) is 6.61 Å². The fourth-order valence-corrected chi connectivity index (χ4v) is 2.49. The SMILES string of the molecule is CCOC(=O)C(C)NCc1c(Br)c(CC)nn1CC. The maximum absolute atomic E-state index is 11.5. The molecule has 0 aliphatic heterocycles. The maximum atomic E-state index is 11.5. The second kappa shape index (κ2) is 7.65. The van der Waals surface area contributed by atoms with Crippen LogP contribution in [0.2, 0.25) is 0 Å². The molecule has 0 amide bonds.